The monoisotopic (exact) mass is 615 g/mol. The maximum atomic E-state index is 12.4. The fourth-order valence-electron chi connectivity index (χ4n) is 4.35. The second-order valence-corrected chi connectivity index (χ2v) is 9.96. The van der Waals surface area contributed by atoms with Gasteiger partial charge in [-0.1, -0.05) is 47.0 Å². The number of carbonyl (C=O) groups excluding carboxylic acids is 4. The molecule has 1 aromatic rings. The largest absolute Gasteiger partial charge is 0.359 e. The van der Waals surface area contributed by atoms with E-state index in [1.54, 1.807) is 14.1 Å². The summed E-state index contributed by atoms with van der Waals surface area (Å²) in [5, 5.41) is 8.46. The predicted octanol–water partition coefficient (Wildman–Crippen LogP) is 4.34. The van der Waals surface area contributed by atoms with E-state index in [4.69, 9.17) is 0 Å². The summed E-state index contributed by atoms with van der Waals surface area (Å²) in [5.74, 6) is -0.0839. The number of hydrogen-bond donors (Lipinski definition) is 4. The summed E-state index contributed by atoms with van der Waals surface area (Å²) in [6.07, 6.45) is 8.06. The van der Waals surface area contributed by atoms with E-state index in [1.807, 2.05) is 27.8 Å². The van der Waals surface area contributed by atoms with Crippen molar-refractivity contribution in [2.45, 2.75) is 91.6 Å². The Kier molecular flexibility index (Phi) is 30.5. The van der Waals surface area contributed by atoms with Crippen molar-refractivity contribution >= 4 is 24.4 Å². The van der Waals surface area contributed by atoms with Gasteiger partial charge >= 0.3 is 0 Å². The van der Waals surface area contributed by atoms with Crippen molar-refractivity contribution in [1.29, 1.82) is 0 Å². The van der Waals surface area contributed by atoms with Gasteiger partial charge in [-0.2, -0.15) is 0 Å². The zero-order chi connectivity index (χ0) is 33.8. The van der Waals surface area contributed by atoms with Crippen LogP contribution in [0.5, 0.6) is 0 Å². The normalized spacial score (nSPS) is 15.9. The molecule has 1 aliphatic heterocycles. The molecule has 9 nitrogen and oxygen atoms in total. The summed E-state index contributed by atoms with van der Waals surface area (Å²) in [6, 6.07) is 2.88. The summed E-state index contributed by atoms with van der Waals surface area (Å²) in [7, 11) is 7.00. The summed E-state index contributed by atoms with van der Waals surface area (Å²) >= 11 is 0. The first-order chi connectivity index (χ1) is 20.6. The third-order valence-electron chi connectivity index (χ3n) is 6.74. The molecule has 0 radical (unpaired) electrons. The Morgan fingerprint density at radius 2 is 1.67 bits per heavy atom. The Morgan fingerprint density at radius 1 is 1.07 bits per heavy atom. The van der Waals surface area contributed by atoms with Gasteiger partial charge in [0.25, 0.3) is 0 Å². The van der Waals surface area contributed by atoms with Crippen molar-refractivity contribution in [3.8, 4) is 0 Å². The second kappa shape index (κ2) is 29.3. The number of unbranched alkanes of at least 4 members (excludes halogenated alkanes) is 3. The average molecular weight is 616 g/mol. The fraction of sp³-hybridized carbons (Fsp3) is 0.688. The Hall–Kier alpha value is -2.76. The van der Waals surface area contributed by atoms with E-state index in [0.29, 0.717) is 30.6 Å². The molecule has 0 aromatic heterocycles. The Bertz CT molecular complexity index is 874. The Labute approximate surface area is 259 Å². The first kappa shape index (κ1) is 44.7. The third-order valence-corrected chi connectivity index (χ3v) is 6.74. The van der Waals surface area contributed by atoms with Crippen LogP contribution in [-0.4, -0.2) is 82.7 Å². The maximum Gasteiger partial charge on any atom is 0.237 e. The lowest BCUT2D eigenvalue weighted by Crippen LogP contribution is -2.45. The molecule has 2 rings (SSSR count). The minimum atomic E-state index is -0.824. The van der Waals surface area contributed by atoms with E-state index in [-0.39, 0.29) is 29.5 Å². The lowest BCUT2D eigenvalue weighted by molar-refractivity contribution is -0.126. The average Bonchev–Trinajstić information content (AvgIpc) is 3.41. The number of nitrogens with two attached hydrogens (primary N) is 1. The smallest absolute Gasteiger partial charge is 0.237 e. The number of likely N-dealkylation sites (tertiary alicyclic amines) is 1. The van der Waals surface area contributed by atoms with E-state index in [2.05, 4.69) is 40.4 Å². The highest BCUT2D eigenvalue weighted by molar-refractivity contribution is 5.82. The number of nitrogens with zero attached hydrogens (tertiary/aromatic N) is 1. The summed E-state index contributed by atoms with van der Waals surface area (Å²) in [4.78, 5) is 45.3. The molecule has 0 saturated carbocycles. The summed E-state index contributed by atoms with van der Waals surface area (Å²) < 4.78 is 24.5. The van der Waals surface area contributed by atoms with E-state index in [9.17, 15) is 28.0 Å². The molecule has 43 heavy (non-hydrogen) atoms. The van der Waals surface area contributed by atoms with Crippen molar-refractivity contribution < 1.29 is 28.0 Å². The molecule has 250 valence electrons. The van der Waals surface area contributed by atoms with Gasteiger partial charge < -0.3 is 26.5 Å². The van der Waals surface area contributed by atoms with Crippen LogP contribution in [0.25, 0.3) is 0 Å². The molecule has 11 heteroatoms. The van der Waals surface area contributed by atoms with Crippen molar-refractivity contribution in [1.82, 2.24) is 20.9 Å². The lowest BCUT2D eigenvalue weighted by Gasteiger charge is -2.26. The van der Waals surface area contributed by atoms with Crippen LogP contribution in [0.4, 0.5) is 8.78 Å². The number of aldehydes is 2. The zero-order valence-corrected chi connectivity index (χ0v) is 28.0. The molecule has 1 aliphatic rings. The number of amides is 2. The van der Waals surface area contributed by atoms with Crippen LogP contribution < -0.4 is 21.7 Å². The summed E-state index contributed by atoms with van der Waals surface area (Å²) in [5.41, 5.74) is 4.38. The van der Waals surface area contributed by atoms with Gasteiger partial charge in [0, 0.05) is 26.1 Å². The first-order valence-corrected chi connectivity index (χ1v) is 15.3. The molecular weight excluding hydrogens is 556 g/mol. The Morgan fingerprint density at radius 3 is 2.14 bits per heavy atom. The number of likely N-dealkylation sites (N-methyl/N-ethyl adjacent to an activating group) is 3. The number of hydrogen-bond acceptors (Lipinski definition) is 7. The number of rotatable bonds is 13. The molecule has 1 aromatic carbocycles. The number of carbonyl (C=O) groups is 4. The van der Waals surface area contributed by atoms with E-state index < -0.39 is 11.6 Å². The van der Waals surface area contributed by atoms with Crippen LogP contribution in [0.15, 0.2) is 18.2 Å². The van der Waals surface area contributed by atoms with Gasteiger partial charge in [0.2, 0.25) is 11.8 Å². The van der Waals surface area contributed by atoms with Gasteiger partial charge in [-0.3, -0.25) is 19.3 Å². The molecule has 2 amide bonds. The van der Waals surface area contributed by atoms with Crippen molar-refractivity contribution in [3.63, 3.8) is 0 Å². The molecule has 0 spiro atoms. The zero-order valence-electron chi connectivity index (χ0n) is 28.0. The van der Waals surface area contributed by atoms with Crippen LogP contribution in [0.3, 0.4) is 0 Å². The fourth-order valence-corrected chi connectivity index (χ4v) is 4.35. The van der Waals surface area contributed by atoms with Crippen molar-refractivity contribution in [2.75, 3.05) is 41.3 Å². The van der Waals surface area contributed by atoms with Gasteiger partial charge in [0.1, 0.15) is 17.9 Å². The molecule has 1 saturated heterocycles. The third kappa shape index (κ3) is 20.7. The molecule has 5 N–H and O–H groups in total. The quantitative estimate of drug-likeness (QED) is 0.192. The van der Waals surface area contributed by atoms with Gasteiger partial charge in [0.15, 0.2) is 6.29 Å². The second-order valence-electron chi connectivity index (χ2n) is 9.96. The van der Waals surface area contributed by atoms with Crippen LogP contribution in [0.2, 0.25) is 0 Å². The lowest BCUT2D eigenvalue weighted by atomic mass is 9.88. The van der Waals surface area contributed by atoms with Crippen LogP contribution in [0.1, 0.15) is 89.9 Å². The SMILES string of the molecule is CC.CCNC(=O)C1[C@@H](C(C)C)CCN1C.CN.CNC(=O)CCCCCC[C@@H](C=O)NC.O=Cc1ccc(F)cc1F. The standard InChI is InChI=1S/C11H22N2O2.C11H22N2O.C7H4F2O.C2H6.CH5N/c1-12-10(9-14)7-5-3-4-6-8-11(15)13-2;1-5-12-11(14)10-9(8(2)3)6-7-13(10)4;8-6-2-1-5(4-10)7(9)3-6;2*1-2/h9-10,12H,3-8H2,1-2H3,(H,13,15);8-10H,5-7H2,1-4H3,(H,12,14);1-4H;1-2H3;2H2,1H3/t10-;9-,10?;;;/m01.../s1. The highest BCUT2D eigenvalue weighted by atomic mass is 19.1. The van der Waals surface area contributed by atoms with Crippen molar-refractivity contribution in [3.05, 3.63) is 35.4 Å². The highest BCUT2D eigenvalue weighted by Gasteiger charge is 2.38. The number of benzene rings is 1. The van der Waals surface area contributed by atoms with E-state index in [0.717, 1.165) is 70.0 Å². The topological polar surface area (TPSA) is 134 Å². The molecular formula is C32H59F2N5O4. The van der Waals surface area contributed by atoms with E-state index >= 15 is 0 Å². The van der Waals surface area contributed by atoms with Crippen LogP contribution >= 0.6 is 0 Å². The number of halogens is 2. The molecule has 3 atom stereocenters. The van der Waals surface area contributed by atoms with Crippen LogP contribution in [-0.2, 0) is 14.4 Å². The van der Waals surface area contributed by atoms with E-state index in [1.165, 1.54) is 7.05 Å². The minimum absolute atomic E-state index is 0.0102. The predicted molar refractivity (Wildman–Crippen MR) is 172 cm³/mol. The molecule has 0 aliphatic carbocycles. The molecule has 1 unspecified atom stereocenters. The van der Waals surface area contributed by atoms with Gasteiger partial charge in [-0.15, -0.1) is 0 Å². The highest BCUT2D eigenvalue weighted by Crippen LogP contribution is 2.29. The summed E-state index contributed by atoms with van der Waals surface area (Å²) in [6.45, 7) is 12.2. The van der Waals surface area contributed by atoms with Gasteiger partial charge in [-0.05, 0) is 77.8 Å². The van der Waals surface area contributed by atoms with Gasteiger partial charge in [0.05, 0.1) is 17.6 Å². The first-order valence-electron chi connectivity index (χ1n) is 15.3. The number of nitrogens with one attached hydrogen (secondary N) is 3. The van der Waals surface area contributed by atoms with Crippen LogP contribution in [0, 0.1) is 23.5 Å². The minimum Gasteiger partial charge on any atom is -0.359 e. The van der Waals surface area contributed by atoms with Crippen molar-refractivity contribution in [2.24, 2.45) is 17.6 Å². The molecule has 1 heterocycles. The van der Waals surface area contributed by atoms with Gasteiger partial charge in [-0.25, -0.2) is 8.78 Å². The maximum absolute atomic E-state index is 12.4. The Balaban J connectivity index is -0.000000534. The molecule has 1 fully saturated rings. The molecule has 0 bridgehead atoms.